The van der Waals surface area contributed by atoms with Crippen LogP contribution in [0.25, 0.3) is 0 Å². The summed E-state index contributed by atoms with van der Waals surface area (Å²) in [7, 11) is 0. The van der Waals surface area contributed by atoms with Gasteiger partial charge in [-0.25, -0.2) is 0 Å². The molecule has 2 heteroatoms. The van der Waals surface area contributed by atoms with Crippen LogP contribution in [0, 0.1) is 11.3 Å². The van der Waals surface area contributed by atoms with Crippen LogP contribution in [-0.2, 0) is 9.59 Å². The minimum atomic E-state index is -0.434. The summed E-state index contributed by atoms with van der Waals surface area (Å²) in [5.74, 6) is -0.476. The minimum Gasteiger partial charge on any atom is -0.299 e. The lowest BCUT2D eigenvalue weighted by Crippen LogP contribution is -2.38. The van der Waals surface area contributed by atoms with Gasteiger partial charge in [0.25, 0.3) is 0 Å². The van der Waals surface area contributed by atoms with E-state index in [4.69, 9.17) is 0 Å². The summed E-state index contributed by atoms with van der Waals surface area (Å²) in [6.07, 6.45) is 2.44. The van der Waals surface area contributed by atoms with Crippen LogP contribution in [0.2, 0.25) is 0 Å². The number of allylic oxidation sites excluding steroid dienone is 2. The molecule has 1 aliphatic rings. The molecule has 0 saturated carbocycles. The summed E-state index contributed by atoms with van der Waals surface area (Å²) >= 11 is 0. The SMILES string of the molecule is CC(=O)[C@@H]1C(=O)C=C(C)CC1(C)C. The molecule has 0 N–H and O–H groups in total. The maximum absolute atomic E-state index is 11.6. The topological polar surface area (TPSA) is 34.1 Å². The van der Waals surface area contributed by atoms with Crippen LogP contribution in [0.3, 0.4) is 0 Å². The Morgan fingerprint density at radius 1 is 1.54 bits per heavy atom. The van der Waals surface area contributed by atoms with Gasteiger partial charge in [-0.1, -0.05) is 19.4 Å². The molecule has 0 aliphatic heterocycles. The van der Waals surface area contributed by atoms with Crippen molar-refractivity contribution < 1.29 is 9.59 Å². The van der Waals surface area contributed by atoms with Crippen molar-refractivity contribution in [2.75, 3.05) is 0 Å². The zero-order chi connectivity index (χ0) is 10.2. The van der Waals surface area contributed by atoms with Gasteiger partial charge in [0.05, 0.1) is 5.92 Å². The van der Waals surface area contributed by atoms with E-state index in [0.29, 0.717) is 0 Å². The molecular weight excluding hydrogens is 164 g/mol. The van der Waals surface area contributed by atoms with Gasteiger partial charge in [0.1, 0.15) is 5.78 Å². The Kier molecular flexibility index (Phi) is 2.42. The Hall–Kier alpha value is -0.920. The highest BCUT2D eigenvalue weighted by Crippen LogP contribution is 2.38. The van der Waals surface area contributed by atoms with Crippen LogP contribution in [0.4, 0.5) is 0 Å². The van der Waals surface area contributed by atoms with Gasteiger partial charge in [0.2, 0.25) is 0 Å². The number of ketones is 2. The summed E-state index contributed by atoms with van der Waals surface area (Å²) in [6.45, 7) is 7.40. The Bertz CT molecular complexity index is 284. The summed E-state index contributed by atoms with van der Waals surface area (Å²) in [4.78, 5) is 22.8. The Labute approximate surface area is 79.0 Å². The first kappa shape index (κ1) is 10.2. The molecule has 1 atom stereocenters. The standard InChI is InChI=1S/C11H16O2/c1-7-5-9(13)10(8(2)12)11(3,4)6-7/h5,10H,6H2,1-4H3/t10-/m1/s1. The summed E-state index contributed by atoms with van der Waals surface area (Å²) in [5, 5.41) is 0. The molecule has 2 nitrogen and oxygen atoms in total. The maximum Gasteiger partial charge on any atom is 0.166 e. The second kappa shape index (κ2) is 3.09. The molecule has 0 fully saturated rings. The molecule has 0 radical (unpaired) electrons. The van der Waals surface area contributed by atoms with Gasteiger partial charge >= 0.3 is 0 Å². The lowest BCUT2D eigenvalue weighted by atomic mass is 9.67. The van der Waals surface area contributed by atoms with Crippen LogP contribution >= 0.6 is 0 Å². The quantitative estimate of drug-likeness (QED) is 0.579. The van der Waals surface area contributed by atoms with E-state index < -0.39 is 5.92 Å². The normalized spacial score (nSPS) is 26.9. The number of hydrogen-bond donors (Lipinski definition) is 0. The van der Waals surface area contributed by atoms with E-state index in [1.165, 1.54) is 6.92 Å². The van der Waals surface area contributed by atoms with Gasteiger partial charge in [-0.05, 0) is 31.8 Å². The number of carbonyl (C=O) groups excluding carboxylic acids is 2. The number of rotatable bonds is 1. The van der Waals surface area contributed by atoms with Gasteiger partial charge in [-0.3, -0.25) is 9.59 Å². The van der Waals surface area contributed by atoms with E-state index in [1.54, 1.807) is 6.08 Å². The van der Waals surface area contributed by atoms with Crippen molar-refractivity contribution in [1.29, 1.82) is 0 Å². The molecule has 0 saturated heterocycles. The highest BCUT2D eigenvalue weighted by molar-refractivity contribution is 6.08. The second-order valence-electron chi connectivity index (χ2n) is 4.60. The molecule has 72 valence electrons. The predicted molar refractivity (Wildman–Crippen MR) is 51.3 cm³/mol. The third-order valence-corrected chi connectivity index (χ3v) is 2.60. The Morgan fingerprint density at radius 2 is 2.08 bits per heavy atom. The molecule has 0 aromatic heterocycles. The smallest absolute Gasteiger partial charge is 0.166 e. The van der Waals surface area contributed by atoms with Gasteiger partial charge in [-0.2, -0.15) is 0 Å². The van der Waals surface area contributed by atoms with Crippen molar-refractivity contribution in [3.8, 4) is 0 Å². The number of Topliss-reactive ketones (excluding diaryl/α,β-unsaturated/α-hetero) is 1. The Morgan fingerprint density at radius 3 is 2.46 bits per heavy atom. The van der Waals surface area contributed by atoms with Gasteiger partial charge < -0.3 is 0 Å². The average molecular weight is 180 g/mol. The minimum absolute atomic E-state index is 0.0150. The highest BCUT2D eigenvalue weighted by atomic mass is 16.1. The molecule has 0 spiro atoms. The third kappa shape index (κ3) is 1.87. The monoisotopic (exact) mass is 180 g/mol. The van der Waals surface area contributed by atoms with Crippen LogP contribution in [0.15, 0.2) is 11.6 Å². The van der Waals surface area contributed by atoms with Crippen molar-refractivity contribution in [2.45, 2.75) is 34.1 Å². The van der Waals surface area contributed by atoms with Crippen molar-refractivity contribution in [3.63, 3.8) is 0 Å². The summed E-state index contributed by atoms with van der Waals surface area (Å²) < 4.78 is 0. The third-order valence-electron chi connectivity index (χ3n) is 2.60. The van der Waals surface area contributed by atoms with Crippen molar-refractivity contribution in [2.24, 2.45) is 11.3 Å². The number of hydrogen-bond acceptors (Lipinski definition) is 2. The molecule has 13 heavy (non-hydrogen) atoms. The van der Waals surface area contributed by atoms with Crippen molar-refractivity contribution in [1.82, 2.24) is 0 Å². The zero-order valence-electron chi connectivity index (χ0n) is 8.68. The van der Waals surface area contributed by atoms with E-state index in [1.807, 2.05) is 20.8 Å². The first-order valence-corrected chi connectivity index (χ1v) is 4.56. The first-order chi connectivity index (χ1) is 5.84. The fraction of sp³-hybridized carbons (Fsp3) is 0.636. The van der Waals surface area contributed by atoms with Gasteiger partial charge in [-0.15, -0.1) is 0 Å². The second-order valence-corrected chi connectivity index (χ2v) is 4.60. The number of carbonyl (C=O) groups is 2. The lowest BCUT2D eigenvalue weighted by molar-refractivity contribution is -0.134. The van der Waals surface area contributed by atoms with Gasteiger partial charge in [0, 0.05) is 0 Å². The van der Waals surface area contributed by atoms with E-state index in [9.17, 15) is 9.59 Å². The lowest BCUT2D eigenvalue weighted by Gasteiger charge is -2.34. The molecule has 0 bridgehead atoms. The molecule has 0 heterocycles. The van der Waals surface area contributed by atoms with Crippen LogP contribution in [0.1, 0.15) is 34.1 Å². The maximum atomic E-state index is 11.6. The van der Waals surface area contributed by atoms with E-state index in [-0.39, 0.29) is 17.0 Å². The largest absolute Gasteiger partial charge is 0.299 e. The molecule has 1 rings (SSSR count). The van der Waals surface area contributed by atoms with Crippen LogP contribution < -0.4 is 0 Å². The fourth-order valence-electron chi connectivity index (χ4n) is 2.33. The predicted octanol–water partition coefficient (Wildman–Crippen LogP) is 2.14. The van der Waals surface area contributed by atoms with E-state index in [2.05, 4.69) is 0 Å². The zero-order valence-corrected chi connectivity index (χ0v) is 8.68. The molecule has 0 aromatic carbocycles. The first-order valence-electron chi connectivity index (χ1n) is 4.56. The van der Waals surface area contributed by atoms with Crippen LogP contribution in [0.5, 0.6) is 0 Å². The molecule has 0 unspecified atom stereocenters. The van der Waals surface area contributed by atoms with Crippen molar-refractivity contribution in [3.05, 3.63) is 11.6 Å². The summed E-state index contributed by atoms with van der Waals surface area (Å²) in [6, 6.07) is 0. The Balaban J connectivity index is 3.08. The molecule has 1 aliphatic carbocycles. The van der Waals surface area contributed by atoms with Crippen LogP contribution in [-0.4, -0.2) is 11.6 Å². The molecule has 0 aromatic rings. The van der Waals surface area contributed by atoms with E-state index in [0.717, 1.165) is 12.0 Å². The fourth-order valence-corrected chi connectivity index (χ4v) is 2.33. The molecular formula is C11H16O2. The van der Waals surface area contributed by atoms with E-state index >= 15 is 0 Å². The summed E-state index contributed by atoms with van der Waals surface area (Å²) in [5.41, 5.74) is 0.870. The van der Waals surface area contributed by atoms with Gasteiger partial charge in [0.15, 0.2) is 5.78 Å². The average Bonchev–Trinajstić information content (AvgIpc) is 1.78. The molecule has 0 amide bonds. The highest BCUT2D eigenvalue weighted by Gasteiger charge is 2.40. The van der Waals surface area contributed by atoms with Crippen molar-refractivity contribution >= 4 is 11.6 Å².